The summed E-state index contributed by atoms with van der Waals surface area (Å²) in [7, 11) is 1.41. The second-order valence-electron chi connectivity index (χ2n) is 8.02. The first-order valence-electron chi connectivity index (χ1n) is 10.7. The van der Waals surface area contributed by atoms with Crippen molar-refractivity contribution in [2.45, 2.75) is 31.8 Å². The number of hydrogen-bond acceptors (Lipinski definition) is 5. The molecule has 1 atom stereocenters. The van der Waals surface area contributed by atoms with Crippen LogP contribution < -0.4 is 11.1 Å². The monoisotopic (exact) mass is 433 g/mol. The van der Waals surface area contributed by atoms with E-state index in [2.05, 4.69) is 53.0 Å². The highest BCUT2D eigenvalue weighted by molar-refractivity contribution is 5.86. The van der Waals surface area contributed by atoms with Crippen molar-refractivity contribution < 1.29 is 9.53 Å². The highest BCUT2D eigenvalue weighted by atomic mass is 16.5. The molecule has 2 aromatic carbocycles. The number of aromatic nitrogens is 2. The van der Waals surface area contributed by atoms with Crippen LogP contribution in [-0.4, -0.2) is 41.1 Å². The van der Waals surface area contributed by atoms with Crippen LogP contribution in [0.3, 0.4) is 0 Å². The minimum atomic E-state index is -0.638. The molecule has 7 heteroatoms. The topological polar surface area (TPSA) is 106 Å². The maximum absolute atomic E-state index is 11.8. The van der Waals surface area contributed by atoms with E-state index in [4.69, 9.17) is 15.9 Å². The zero-order valence-corrected chi connectivity index (χ0v) is 18.8. The molecule has 3 aromatic rings. The van der Waals surface area contributed by atoms with E-state index >= 15 is 0 Å². The first kappa shape index (κ1) is 23.2. The maximum atomic E-state index is 11.8. The van der Waals surface area contributed by atoms with Crippen molar-refractivity contribution in [1.82, 2.24) is 14.9 Å². The molecule has 0 spiro atoms. The number of nitrogens with two attached hydrogens (primary N) is 1. The number of amides is 1. The van der Waals surface area contributed by atoms with Gasteiger partial charge in [-0.2, -0.15) is 0 Å². The molecule has 0 fully saturated rings. The summed E-state index contributed by atoms with van der Waals surface area (Å²) in [6, 6.07) is 20.1. The molecular formula is C25H31N5O2. The first-order chi connectivity index (χ1) is 15.4. The van der Waals surface area contributed by atoms with Crippen LogP contribution in [0.4, 0.5) is 0 Å². The summed E-state index contributed by atoms with van der Waals surface area (Å²) in [5, 5.41) is 10.8. The van der Waals surface area contributed by atoms with Gasteiger partial charge in [0.2, 0.25) is 11.8 Å². The minimum absolute atomic E-state index is 0.0393. The number of nitrogens with zero attached hydrogens (tertiary/aromatic N) is 2. The summed E-state index contributed by atoms with van der Waals surface area (Å²) < 4.78 is 7.21. The molecule has 0 saturated heterocycles. The first-order valence-corrected chi connectivity index (χ1v) is 10.7. The van der Waals surface area contributed by atoms with E-state index < -0.39 is 11.6 Å². The van der Waals surface area contributed by atoms with E-state index in [-0.39, 0.29) is 24.3 Å². The SMILES string of the molecule is COC(=N)C(Cc1cn(C(c2ccccc2)(c2ccccc2)C(C)C)cn1)NC(=O)CN. The molecule has 1 amide bonds. The van der Waals surface area contributed by atoms with Crippen LogP contribution in [0.1, 0.15) is 30.7 Å². The van der Waals surface area contributed by atoms with Gasteiger partial charge in [0.05, 0.1) is 31.2 Å². The van der Waals surface area contributed by atoms with Crippen LogP contribution in [-0.2, 0) is 21.5 Å². The largest absolute Gasteiger partial charge is 0.483 e. The average molecular weight is 434 g/mol. The van der Waals surface area contributed by atoms with Crippen LogP contribution >= 0.6 is 0 Å². The molecule has 7 nitrogen and oxygen atoms in total. The Kier molecular flexibility index (Phi) is 7.43. The lowest BCUT2D eigenvalue weighted by Crippen LogP contribution is -2.45. The summed E-state index contributed by atoms with van der Waals surface area (Å²) in [6.07, 6.45) is 4.14. The van der Waals surface area contributed by atoms with Gasteiger partial charge in [-0.15, -0.1) is 0 Å². The van der Waals surface area contributed by atoms with E-state index in [1.807, 2.05) is 48.9 Å². The third-order valence-corrected chi connectivity index (χ3v) is 5.78. The Labute approximate surface area is 189 Å². The predicted molar refractivity (Wildman–Crippen MR) is 126 cm³/mol. The quantitative estimate of drug-likeness (QED) is 0.356. The standard InChI is InChI=1S/C25H31N5O2/c1-18(2)25(19-10-6-4-7-11-19,20-12-8-5-9-13-20)30-16-21(28-17-30)14-22(24(27)32-3)29-23(31)15-26/h4-13,16-18,22,27H,14-15,26H2,1-3H3,(H,29,31). The number of methoxy groups -OCH3 is 1. The molecule has 1 heterocycles. The number of carbonyl (C=O) groups excluding carboxylic acids is 1. The Morgan fingerprint density at radius 1 is 1.12 bits per heavy atom. The molecule has 168 valence electrons. The molecule has 0 aliphatic heterocycles. The van der Waals surface area contributed by atoms with Gasteiger partial charge in [-0.1, -0.05) is 74.5 Å². The van der Waals surface area contributed by atoms with Gasteiger partial charge in [-0.05, 0) is 17.0 Å². The van der Waals surface area contributed by atoms with Crippen molar-refractivity contribution in [2.24, 2.45) is 11.7 Å². The Hall–Kier alpha value is -3.45. The summed E-state index contributed by atoms with van der Waals surface area (Å²) in [4.78, 5) is 16.5. The molecule has 1 unspecified atom stereocenters. The molecule has 0 radical (unpaired) electrons. The lowest BCUT2D eigenvalue weighted by molar-refractivity contribution is -0.120. The summed E-state index contributed by atoms with van der Waals surface area (Å²) in [6.45, 7) is 4.25. The van der Waals surface area contributed by atoms with Gasteiger partial charge in [-0.25, -0.2) is 4.98 Å². The zero-order chi connectivity index (χ0) is 23.1. The van der Waals surface area contributed by atoms with E-state index in [1.165, 1.54) is 7.11 Å². The molecule has 32 heavy (non-hydrogen) atoms. The highest BCUT2D eigenvalue weighted by Crippen LogP contribution is 2.40. The second kappa shape index (κ2) is 10.2. The smallest absolute Gasteiger partial charge is 0.234 e. The van der Waals surface area contributed by atoms with Crippen LogP contribution in [0.5, 0.6) is 0 Å². The van der Waals surface area contributed by atoms with Crippen LogP contribution in [0.2, 0.25) is 0 Å². The Bertz CT molecular complexity index is 991. The molecular weight excluding hydrogens is 402 g/mol. The average Bonchev–Trinajstić information content (AvgIpc) is 3.28. The Morgan fingerprint density at radius 3 is 2.16 bits per heavy atom. The van der Waals surface area contributed by atoms with Crippen LogP contribution in [0.25, 0.3) is 0 Å². The van der Waals surface area contributed by atoms with Crippen molar-refractivity contribution in [1.29, 1.82) is 5.41 Å². The molecule has 0 saturated carbocycles. The molecule has 3 rings (SSSR count). The maximum Gasteiger partial charge on any atom is 0.234 e. The number of rotatable bonds is 9. The van der Waals surface area contributed by atoms with E-state index in [0.717, 1.165) is 16.8 Å². The lowest BCUT2D eigenvalue weighted by atomic mass is 9.74. The molecule has 4 N–H and O–H groups in total. The minimum Gasteiger partial charge on any atom is -0.483 e. The summed E-state index contributed by atoms with van der Waals surface area (Å²) in [5.41, 5.74) is 8.01. The number of benzene rings is 2. The zero-order valence-electron chi connectivity index (χ0n) is 18.8. The molecule has 0 aliphatic rings. The fourth-order valence-electron chi connectivity index (χ4n) is 4.29. The number of hydrogen-bond donors (Lipinski definition) is 3. The number of nitrogens with one attached hydrogen (secondary N) is 2. The third-order valence-electron chi connectivity index (χ3n) is 5.78. The lowest BCUT2D eigenvalue weighted by Gasteiger charge is -2.40. The van der Waals surface area contributed by atoms with Crippen molar-refractivity contribution in [3.05, 3.63) is 90.0 Å². The van der Waals surface area contributed by atoms with Gasteiger partial charge in [0.15, 0.2) is 0 Å². The fourth-order valence-corrected chi connectivity index (χ4v) is 4.29. The van der Waals surface area contributed by atoms with Gasteiger partial charge < -0.3 is 20.4 Å². The molecule has 1 aromatic heterocycles. The van der Waals surface area contributed by atoms with Crippen molar-refractivity contribution in [3.8, 4) is 0 Å². The van der Waals surface area contributed by atoms with E-state index in [0.29, 0.717) is 6.42 Å². The number of ether oxygens (including phenoxy) is 1. The Morgan fingerprint density at radius 2 is 1.69 bits per heavy atom. The predicted octanol–water partition coefficient (Wildman–Crippen LogP) is 2.94. The normalized spacial score (nSPS) is 12.4. The van der Waals surface area contributed by atoms with E-state index in [9.17, 15) is 4.79 Å². The number of imidazole rings is 1. The van der Waals surface area contributed by atoms with Gasteiger partial charge in [0, 0.05) is 12.6 Å². The third kappa shape index (κ3) is 4.57. The summed E-state index contributed by atoms with van der Waals surface area (Å²) >= 11 is 0. The van der Waals surface area contributed by atoms with Crippen molar-refractivity contribution in [2.75, 3.05) is 13.7 Å². The van der Waals surface area contributed by atoms with Gasteiger partial charge in [-0.3, -0.25) is 10.2 Å². The van der Waals surface area contributed by atoms with E-state index in [1.54, 1.807) is 0 Å². The Balaban J connectivity index is 2.07. The van der Waals surface area contributed by atoms with Gasteiger partial charge in [0.25, 0.3) is 0 Å². The number of carbonyl (C=O) groups is 1. The second-order valence-corrected chi connectivity index (χ2v) is 8.02. The van der Waals surface area contributed by atoms with Crippen LogP contribution in [0, 0.1) is 11.3 Å². The van der Waals surface area contributed by atoms with Gasteiger partial charge in [0.1, 0.15) is 6.04 Å². The van der Waals surface area contributed by atoms with Crippen molar-refractivity contribution >= 4 is 11.8 Å². The highest BCUT2D eigenvalue weighted by Gasteiger charge is 2.39. The van der Waals surface area contributed by atoms with Crippen molar-refractivity contribution in [3.63, 3.8) is 0 Å². The van der Waals surface area contributed by atoms with Crippen LogP contribution in [0.15, 0.2) is 73.2 Å². The molecule has 0 aliphatic carbocycles. The summed E-state index contributed by atoms with van der Waals surface area (Å²) in [5.74, 6) is -0.178. The molecule has 0 bridgehead atoms. The fraction of sp³-hybridized carbons (Fsp3) is 0.320. The van der Waals surface area contributed by atoms with Gasteiger partial charge >= 0.3 is 0 Å².